The standard InChI is InChI=1S/C68H48N2O4/c1-37-29-45(30-38(2)41(37)5)69(43-23-26-60-54(33-43)49-17-11-13-21-58(49)71-60)56-35-63-65(51-19-9-7-15-47(51)56)53-25-28-62-67(68(53)74-63)66-52-20-10-8-16-48(52)57(36-64(66)73-62)70(46-31-39(3)42(6)40(4)32-46)44-24-27-61-55(34-44)50-18-12-14-22-59(50)72-61/h7-36H,1-6H3. The van der Waals surface area contributed by atoms with E-state index in [0.29, 0.717) is 0 Å². The minimum Gasteiger partial charge on any atom is -0.456 e. The zero-order valence-corrected chi connectivity index (χ0v) is 41.8. The van der Waals surface area contributed by atoms with Crippen LogP contribution in [0.1, 0.15) is 33.4 Å². The highest BCUT2D eigenvalue weighted by molar-refractivity contribution is 6.32. The summed E-state index contributed by atoms with van der Waals surface area (Å²) in [7, 11) is 0. The summed E-state index contributed by atoms with van der Waals surface area (Å²) >= 11 is 0. The van der Waals surface area contributed by atoms with Gasteiger partial charge in [0.05, 0.1) is 16.8 Å². The predicted octanol–water partition coefficient (Wildman–Crippen LogP) is 20.4. The van der Waals surface area contributed by atoms with Crippen LogP contribution in [0.2, 0.25) is 0 Å². The Labute approximate surface area is 425 Å². The maximum absolute atomic E-state index is 7.34. The van der Waals surface area contributed by atoms with Crippen LogP contribution in [0, 0.1) is 41.5 Å². The van der Waals surface area contributed by atoms with Gasteiger partial charge in [0.1, 0.15) is 44.7 Å². The zero-order chi connectivity index (χ0) is 49.7. The molecule has 74 heavy (non-hydrogen) atoms. The predicted molar refractivity (Wildman–Crippen MR) is 308 cm³/mol. The number of hydrogen-bond donors (Lipinski definition) is 0. The molecule has 0 aliphatic heterocycles. The SMILES string of the molecule is Cc1cc(N(c2ccc3oc4ccccc4c3c2)c2cc3oc4c(ccc5oc6cc(N(c7cc(C)c(C)c(C)c7)c7ccc8oc9ccccc9c8c7)c7ccccc7c6c54)c3c3ccccc23)cc(C)c1C. The summed E-state index contributed by atoms with van der Waals surface area (Å²) in [5.74, 6) is 0. The summed E-state index contributed by atoms with van der Waals surface area (Å²) in [6.45, 7) is 13.2. The molecular weight excluding hydrogens is 909 g/mol. The fourth-order valence-electron chi connectivity index (χ4n) is 12.0. The van der Waals surface area contributed by atoms with Gasteiger partial charge >= 0.3 is 0 Å². The van der Waals surface area contributed by atoms with E-state index in [0.717, 1.165) is 143 Å². The molecule has 0 radical (unpaired) electrons. The summed E-state index contributed by atoms with van der Waals surface area (Å²) in [5.41, 5.74) is 20.4. The Balaban J connectivity index is 0.984. The maximum atomic E-state index is 7.34. The zero-order valence-electron chi connectivity index (χ0n) is 41.8. The number of para-hydroxylation sites is 2. The fraction of sp³-hybridized carbons (Fsp3) is 0.0882. The van der Waals surface area contributed by atoms with Crippen molar-refractivity contribution in [2.45, 2.75) is 41.5 Å². The van der Waals surface area contributed by atoms with Crippen LogP contribution in [0.5, 0.6) is 0 Å². The molecule has 0 saturated heterocycles. The number of benzene rings is 11. The van der Waals surface area contributed by atoms with Gasteiger partial charge in [-0.1, -0.05) is 84.9 Å². The Morgan fingerprint density at radius 3 is 1.15 bits per heavy atom. The van der Waals surface area contributed by atoms with Gasteiger partial charge in [0.2, 0.25) is 0 Å². The smallest absolute Gasteiger partial charge is 0.147 e. The quantitative estimate of drug-likeness (QED) is 0.165. The van der Waals surface area contributed by atoms with Crippen molar-refractivity contribution in [3.63, 3.8) is 0 Å². The number of furan rings is 4. The summed E-state index contributed by atoms with van der Waals surface area (Å²) in [6, 6.07) is 65.1. The Morgan fingerprint density at radius 1 is 0.257 bits per heavy atom. The van der Waals surface area contributed by atoms with Gasteiger partial charge in [0.15, 0.2) is 0 Å². The summed E-state index contributed by atoms with van der Waals surface area (Å²) in [6.07, 6.45) is 0. The van der Waals surface area contributed by atoms with Gasteiger partial charge in [-0.15, -0.1) is 0 Å². The van der Waals surface area contributed by atoms with Gasteiger partial charge in [-0.25, -0.2) is 0 Å². The van der Waals surface area contributed by atoms with Crippen LogP contribution in [-0.4, -0.2) is 0 Å². The Morgan fingerprint density at radius 2 is 0.649 bits per heavy atom. The second-order valence-electron chi connectivity index (χ2n) is 20.3. The first-order chi connectivity index (χ1) is 36.1. The van der Waals surface area contributed by atoms with Crippen molar-refractivity contribution >= 4 is 143 Å². The molecule has 0 aliphatic carbocycles. The highest BCUT2D eigenvalue weighted by atomic mass is 16.3. The van der Waals surface area contributed by atoms with Crippen molar-refractivity contribution in [2.24, 2.45) is 0 Å². The second kappa shape index (κ2) is 15.6. The highest BCUT2D eigenvalue weighted by Crippen LogP contribution is 2.51. The van der Waals surface area contributed by atoms with Crippen LogP contribution in [-0.2, 0) is 0 Å². The van der Waals surface area contributed by atoms with Crippen molar-refractivity contribution in [3.8, 4) is 0 Å². The van der Waals surface area contributed by atoms with E-state index in [9.17, 15) is 0 Å². The molecule has 0 amide bonds. The average molecular weight is 957 g/mol. The lowest BCUT2D eigenvalue weighted by Gasteiger charge is -2.28. The molecule has 0 fully saturated rings. The van der Waals surface area contributed by atoms with Crippen molar-refractivity contribution in [1.82, 2.24) is 0 Å². The Bertz CT molecular complexity index is 4840. The molecule has 0 atom stereocenters. The van der Waals surface area contributed by atoms with Crippen molar-refractivity contribution < 1.29 is 17.7 Å². The van der Waals surface area contributed by atoms with E-state index in [4.69, 9.17) is 17.7 Å². The van der Waals surface area contributed by atoms with Crippen molar-refractivity contribution in [2.75, 3.05) is 9.80 Å². The number of nitrogens with zero attached hydrogens (tertiary/aromatic N) is 2. The van der Waals surface area contributed by atoms with E-state index >= 15 is 0 Å². The fourth-order valence-corrected chi connectivity index (χ4v) is 12.0. The molecule has 11 aromatic carbocycles. The number of rotatable bonds is 6. The molecule has 6 nitrogen and oxygen atoms in total. The number of aryl methyl sites for hydroxylation is 4. The molecule has 0 aliphatic rings. The molecule has 0 saturated carbocycles. The first-order valence-electron chi connectivity index (χ1n) is 25.4. The van der Waals surface area contributed by atoms with Crippen molar-refractivity contribution in [3.05, 3.63) is 215 Å². The third-order valence-electron chi connectivity index (χ3n) is 16.1. The molecule has 0 unspecified atom stereocenters. The molecule has 0 spiro atoms. The van der Waals surface area contributed by atoms with Crippen LogP contribution in [0.25, 0.3) is 109 Å². The van der Waals surface area contributed by atoms with E-state index in [1.807, 2.05) is 24.3 Å². The van der Waals surface area contributed by atoms with E-state index < -0.39 is 0 Å². The molecule has 15 aromatic rings. The van der Waals surface area contributed by atoms with E-state index in [-0.39, 0.29) is 0 Å². The molecule has 15 rings (SSSR count). The minimum atomic E-state index is 0.770. The van der Waals surface area contributed by atoms with Gasteiger partial charge < -0.3 is 27.5 Å². The van der Waals surface area contributed by atoms with E-state index in [2.05, 4.69) is 209 Å². The van der Waals surface area contributed by atoms with E-state index in [1.165, 1.54) is 33.4 Å². The average Bonchev–Trinajstić information content (AvgIpc) is 4.20. The van der Waals surface area contributed by atoms with Gasteiger partial charge in [0, 0.05) is 83.4 Å². The maximum Gasteiger partial charge on any atom is 0.147 e. The molecule has 6 heteroatoms. The summed E-state index contributed by atoms with van der Waals surface area (Å²) < 4.78 is 27.1. The van der Waals surface area contributed by atoms with Crippen LogP contribution < -0.4 is 9.80 Å². The second-order valence-corrected chi connectivity index (χ2v) is 20.3. The van der Waals surface area contributed by atoms with Crippen molar-refractivity contribution in [1.29, 1.82) is 0 Å². The number of anilines is 6. The normalized spacial score (nSPS) is 12.2. The van der Waals surface area contributed by atoms with Gasteiger partial charge in [-0.3, -0.25) is 0 Å². The molecule has 4 heterocycles. The Hall–Kier alpha value is -9.26. The molecule has 354 valence electrons. The number of hydrogen-bond acceptors (Lipinski definition) is 6. The monoisotopic (exact) mass is 956 g/mol. The lowest BCUT2D eigenvalue weighted by Crippen LogP contribution is -2.11. The van der Waals surface area contributed by atoms with Crippen LogP contribution >= 0.6 is 0 Å². The van der Waals surface area contributed by atoms with Crippen LogP contribution in [0.15, 0.2) is 200 Å². The minimum absolute atomic E-state index is 0.770. The highest BCUT2D eigenvalue weighted by Gasteiger charge is 2.27. The van der Waals surface area contributed by atoms with Gasteiger partial charge in [-0.2, -0.15) is 0 Å². The first kappa shape index (κ1) is 42.4. The van der Waals surface area contributed by atoms with E-state index in [1.54, 1.807) is 0 Å². The lowest BCUT2D eigenvalue weighted by molar-refractivity contribution is 0.663. The lowest BCUT2D eigenvalue weighted by atomic mass is 9.97. The Kier molecular flexibility index (Phi) is 8.95. The third kappa shape index (κ3) is 6.12. The third-order valence-corrected chi connectivity index (χ3v) is 16.1. The summed E-state index contributed by atoms with van der Waals surface area (Å²) in [5, 5.41) is 12.8. The largest absolute Gasteiger partial charge is 0.456 e. The first-order valence-corrected chi connectivity index (χ1v) is 25.4. The molecule has 0 N–H and O–H groups in total. The van der Waals surface area contributed by atoms with Crippen LogP contribution in [0.3, 0.4) is 0 Å². The molecular formula is C68H48N2O4. The molecule has 4 aromatic heterocycles. The topological polar surface area (TPSA) is 59.0 Å². The van der Waals surface area contributed by atoms with Crippen LogP contribution in [0.4, 0.5) is 34.1 Å². The number of fused-ring (bicyclic) bond motifs is 17. The molecule has 0 bridgehead atoms. The summed E-state index contributed by atoms with van der Waals surface area (Å²) in [4.78, 5) is 4.78. The van der Waals surface area contributed by atoms with Gasteiger partial charge in [0.25, 0.3) is 0 Å². The van der Waals surface area contributed by atoms with Gasteiger partial charge in [-0.05, 0) is 171 Å².